The van der Waals surface area contributed by atoms with Gasteiger partial charge >= 0.3 is 0 Å². The lowest BCUT2D eigenvalue weighted by molar-refractivity contribution is 0.216. The van der Waals surface area contributed by atoms with Gasteiger partial charge in [-0.15, -0.1) is 0 Å². The highest BCUT2D eigenvalue weighted by molar-refractivity contribution is 7.89. The quantitative estimate of drug-likeness (QED) is 0.693. The molecule has 128 valence electrons. The molecular formula is C17H16N4O3S. The number of sulfonamides is 1. The summed E-state index contributed by atoms with van der Waals surface area (Å²) in [5, 5.41) is 3.98. The van der Waals surface area contributed by atoms with Crippen molar-refractivity contribution < 1.29 is 12.9 Å². The van der Waals surface area contributed by atoms with E-state index >= 15 is 0 Å². The van der Waals surface area contributed by atoms with E-state index in [4.69, 9.17) is 4.52 Å². The predicted molar refractivity (Wildman–Crippen MR) is 89.3 cm³/mol. The molecule has 0 unspecified atom stereocenters. The molecule has 0 saturated carbocycles. The molecule has 0 atom stereocenters. The molecule has 1 saturated heterocycles. The fourth-order valence-electron chi connectivity index (χ4n) is 2.72. The van der Waals surface area contributed by atoms with Crippen molar-refractivity contribution in [2.45, 2.75) is 17.2 Å². The van der Waals surface area contributed by atoms with Crippen molar-refractivity contribution >= 4 is 10.0 Å². The highest BCUT2D eigenvalue weighted by Crippen LogP contribution is 2.31. The van der Waals surface area contributed by atoms with Crippen molar-refractivity contribution in [2.24, 2.45) is 0 Å². The molecule has 2 aromatic heterocycles. The summed E-state index contributed by atoms with van der Waals surface area (Å²) in [5.74, 6) is 0.999. The van der Waals surface area contributed by atoms with Crippen LogP contribution in [0.25, 0.3) is 0 Å². The van der Waals surface area contributed by atoms with Gasteiger partial charge in [-0.1, -0.05) is 29.4 Å². The summed E-state index contributed by atoms with van der Waals surface area (Å²) in [6, 6.07) is 12.2. The third-order valence-electron chi connectivity index (χ3n) is 4.15. The lowest BCUT2D eigenvalue weighted by atomic mass is 10.0. The lowest BCUT2D eigenvalue weighted by Crippen LogP contribution is -2.48. The summed E-state index contributed by atoms with van der Waals surface area (Å²) in [5.41, 5.74) is 0.997. The van der Waals surface area contributed by atoms with E-state index in [9.17, 15) is 8.42 Å². The van der Waals surface area contributed by atoms with Crippen molar-refractivity contribution in [3.05, 3.63) is 72.1 Å². The van der Waals surface area contributed by atoms with Gasteiger partial charge in [0.15, 0.2) is 5.82 Å². The summed E-state index contributed by atoms with van der Waals surface area (Å²) < 4.78 is 31.7. The Labute approximate surface area is 145 Å². The molecule has 1 aliphatic heterocycles. The number of benzene rings is 1. The second kappa shape index (κ2) is 6.38. The monoisotopic (exact) mass is 356 g/mol. The van der Waals surface area contributed by atoms with Crippen LogP contribution in [0.15, 0.2) is 64.3 Å². The molecule has 4 rings (SSSR count). The summed E-state index contributed by atoms with van der Waals surface area (Å²) in [6.45, 7) is 0.706. The molecule has 3 aromatic rings. The highest BCUT2D eigenvalue weighted by atomic mass is 32.2. The maximum Gasteiger partial charge on any atom is 0.243 e. The molecule has 0 radical (unpaired) electrons. The maximum atomic E-state index is 12.5. The van der Waals surface area contributed by atoms with Crippen LogP contribution in [0.1, 0.15) is 23.2 Å². The second-order valence-electron chi connectivity index (χ2n) is 5.92. The lowest BCUT2D eigenvalue weighted by Gasteiger charge is -2.35. The van der Waals surface area contributed by atoms with Gasteiger partial charge in [0.25, 0.3) is 0 Å². The van der Waals surface area contributed by atoms with Crippen molar-refractivity contribution in [3.63, 3.8) is 0 Å². The van der Waals surface area contributed by atoms with E-state index < -0.39 is 10.0 Å². The van der Waals surface area contributed by atoms with Gasteiger partial charge in [0.05, 0.1) is 10.8 Å². The van der Waals surface area contributed by atoms with Gasteiger partial charge < -0.3 is 4.52 Å². The Morgan fingerprint density at radius 3 is 2.64 bits per heavy atom. The van der Waals surface area contributed by atoms with Crippen LogP contribution in [0, 0.1) is 0 Å². The topological polar surface area (TPSA) is 89.2 Å². The standard InChI is InChI=1S/C17H16N4O3S/c22-25(23,15-6-2-1-3-7-15)21-11-14(12-21)17-19-16(20-24-17)9-13-5-4-8-18-10-13/h1-8,10,14H,9,11-12H2. The Hall–Kier alpha value is -2.58. The number of hydrogen-bond acceptors (Lipinski definition) is 6. The number of rotatable bonds is 5. The Morgan fingerprint density at radius 1 is 1.12 bits per heavy atom. The molecule has 0 spiro atoms. The van der Waals surface area contributed by atoms with Crippen LogP contribution < -0.4 is 0 Å². The minimum Gasteiger partial charge on any atom is -0.339 e. The molecular weight excluding hydrogens is 340 g/mol. The molecule has 0 N–H and O–H groups in total. The summed E-state index contributed by atoms with van der Waals surface area (Å²) in [4.78, 5) is 8.75. The largest absolute Gasteiger partial charge is 0.339 e. The van der Waals surface area contributed by atoms with E-state index in [0.29, 0.717) is 36.1 Å². The predicted octanol–water partition coefficient (Wildman–Crippen LogP) is 1.84. The van der Waals surface area contributed by atoms with Gasteiger partial charge in [0, 0.05) is 31.9 Å². The van der Waals surface area contributed by atoms with Gasteiger partial charge in [0.1, 0.15) is 0 Å². The van der Waals surface area contributed by atoms with Crippen LogP contribution in [-0.4, -0.2) is 40.9 Å². The molecule has 8 heteroatoms. The van der Waals surface area contributed by atoms with Crippen LogP contribution in [0.5, 0.6) is 0 Å². The molecule has 0 bridgehead atoms. The Morgan fingerprint density at radius 2 is 1.92 bits per heavy atom. The van der Waals surface area contributed by atoms with E-state index in [2.05, 4.69) is 15.1 Å². The van der Waals surface area contributed by atoms with Crippen LogP contribution >= 0.6 is 0 Å². The Balaban J connectivity index is 1.41. The molecule has 1 fully saturated rings. The second-order valence-corrected chi connectivity index (χ2v) is 7.86. The number of hydrogen-bond donors (Lipinski definition) is 0. The zero-order valence-electron chi connectivity index (χ0n) is 13.3. The minimum atomic E-state index is -3.45. The molecule has 7 nitrogen and oxygen atoms in total. The third kappa shape index (κ3) is 3.18. The van der Waals surface area contributed by atoms with E-state index in [-0.39, 0.29) is 5.92 Å². The molecule has 1 aromatic carbocycles. The normalized spacial score (nSPS) is 15.8. The van der Waals surface area contributed by atoms with Crippen LogP contribution in [0.3, 0.4) is 0 Å². The highest BCUT2D eigenvalue weighted by Gasteiger charge is 2.40. The van der Waals surface area contributed by atoms with E-state index in [1.165, 1.54) is 4.31 Å². The fourth-order valence-corrected chi connectivity index (χ4v) is 4.27. The molecule has 1 aliphatic rings. The zero-order valence-corrected chi connectivity index (χ0v) is 14.1. The molecule has 3 heterocycles. The van der Waals surface area contributed by atoms with E-state index in [0.717, 1.165) is 5.56 Å². The van der Waals surface area contributed by atoms with E-state index in [1.54, 1.807) is 42.7 Å². The van der Waals surface area contributed by atoms with Crippen molar-refractivity contribution in [1.82, 2.24) is 19.4 Å². The third-order valence-corrected chi connectivity index (χ3v) is 5.99. The van der Waals surface area contributed by atoms with Crippen molar-refractivity contribution in [2.75, 3.05) is 13.1 Å². The number of aromatic nitrogens is 3. The summed E-state index contributed by atoms with van der Waals surface area (Å²) in [7, 11) is -3.45. The van der Waals surface area contributed by atoms with E-state index in [1.807, 2.05) is 12.1 Å². The van der Waals surface area contributed by atoms with Gasteiger partial charge in [-0.3, -0.25) is 4.98 Å². The van der Waals surface area contributed by atoms with Gasteiger partial charge in [-0.25, -0.2) is 8.42 Å². The van der Waals surface area contributed by atoms with Crippen LogP contribution in [-0.2, 0) is 16.4 Å². The zero-order chi connectivity index (χ0) is 17.3. The maximum absolute atomic E-state index is 12.5. The average molecular weight is 356 g/mol. The smallest absolute Gasteiger partial charge is 0.243 e. The van der Waals surface area contributed by atoms with Crippen molar-refractivity contribution in [3.8, 4) is 0 Å². The van der Waals surface area contributed by atoms with Crippen LogP contribution in [0.4, 0.5) is 0 Å². The van der Waals surface area contributed by atoms with Crippen LogP contribution in [0.2, 0.25) is 0 Å². The first-order chi connectivity index (χ1) is 12.1. The fraction of sp³-hybridized carbons (Fsp3) is 0.235. The van der Waals surface area contributed by atoms with Gasteiger partial charge in [-0.05, 0) is 23.8 Å². The van der Waals surface area contributed by atoms with Gasteiger partial charge in [0.2, 0.25) is 15.9 Å². The van der Waals surface area contributed by atoms with Gasteiger partial charge in [-0.2, -0.15) is 9.29 Å². The Kier molecular flexibility index (Phi) is 4.06. The first-order valence-electron chi connectivity index (χ1n) is 7.89. The number of nitrogens with zero attached hydrogens (tertiary/aromatic N) is 4. The SMILES string of the molecule is O=S(=O)(c1ccccc1)N1CC(c2nc(Cc3cccnc3)no2)C1. The molecule has 0 aliphatic carbocycles. The molecule has 25 heavy (non-hydrogen) atoms. The average Bonchev–Trinajstić information content (AvgIpc) is 3.03. The first-order valence-corrected chi connectivity index (χ1v) is 9.33. The molecule has 0 amide bonds. The Bertz CT molecular complexity index is 952. The summed E-state index contributed by atoms with van der Waals surface area (Å²) in [6.07, 6.45) is 4.00. The minimum absolute atomic E-state index is 0.0614. The first kappa shape index (κ1) is 15.9. The number of pyridine rings is 1. The van der Waals surface area contributed by atoms with Crippen molar-refractivity contribution in [1.29, 1.82) is 0 Å². The summed E-state index contributed by atoms with van der Waals surface area (Å²) >= 11 is 0.